The molecule has 1 unspecified atom stereocenters. The fourth-order valence-corrected chi connectivity index (χ4v) is 3.51. The molecule has 0 aliphatic carbocycles. The smallest absolute Gasteiger partial charge is 0.235 e. The molecule has 2 aromatic rings. The summed E-state index contributed by atoms with van der Waals surface area (Å²) in [7, 11) is -3.66. The summed E-state index contributed by atoms with van der Waals surface area (Å²) in [5, 5.41) is 2.66. The van der Waals surface area contributed by atoms with Crippen LogP contribution in [0.15, 0.2) is 54.6 Å². The van der Waals surface area contributed by atoms with E-state index in [1.54, 1.807) is 6.92 Å². The minimum atomic E-state index is -3.66. The van der Waals surface area contributed by atoms with Gasteiger partial charge in [-0.3, -0.25) is 4.79 Å². The lowest BCUT2D eigenvalue weighted by molar-refractivity contribution is -0.119. The van der Waals surface area contributed by atoms with E-state index in [1.807, 2.05) is 30.3 Å². The van der Waals surface area contributed by atoms with Gasteiger partial charge in [-0.05, 0) is 30.2 Å². The van der Waals surface area contributed by atoms with E-state index in [2.05, 4.69) is 5.32 Å². The molecule has 2 rings (SSSR count). The minimum Gasteiger partial charge on any atom is -0.349 e. The summed E-state index contributed by atoms with van der Waals surface area (Å²) in [6.07, 6.45) is 0. The second-order valence-electron chi connectivity index (χ2n) is 5.36. The third-order valence-electron chi connectivity index (χ3n) is 3.30. The first-order valence-corrected chi connectivity index (χ1v) is 8.97. The Kier molecular flexibility index (Phi) is 5.50. The van der Waals surface area contributed by atoms with E-state index in [-0.39, 0.29) is 11.8 Å². The maximum absolute atomic E-state index is 13.1. The summed E-state index contributed by atoms with van der Waals surface area (Å²) < 4.78 is 37.2. The van der Waals surface area contributed by atoms with Crippen molar-refractivity contribution in [2.24, 2.45) is 0 Å². The number of amides is 1. The van der Waals surface area contributed by atoms with Gasteiger partial charge in [0.05, 0.1) is 11.8 Å². The van der Waals surface area contributed by atoms with Crippen LogP contribution in [0.3, 0.4) is 0 Å². The third kappa shape index (κ3) is 5.49. The molecule has 0 radical (unpaired) electrons. The number of sulfone groups is 1. The van der Waals surface area contributed by atoms with Gasteiger partial charge in [-0.25, -0.2) is 12.8 Å². The lowest BCUT2D eigenvalue weighted by Gasteiger charge is -2.14. The van der Waals surface area contributed by atoms with Crippen LogP contribution in [0.25, 0.3) is 0 Å². The monoisotopic (exact) mass is 335 g/mol. The van der Waals surface area contributed by atoms with Crippen molar-refractivity contribution in [2.75, 3.05) is 5.75 Å². The molecule has 23 heavy (non-hydrogen) atoms. The lowest BCUT2D eigenvalue weighted by Crippen LogP contribution is -2.32. The van der Waals surface area contributed by atoms with E-state index < -0.39 is 27.3 Å². The van der Waals surface area contributed by atoms with E-state index in [0.29, 0.717) is 5.56 Å². The summed E-state index contributed by atoms with van der Waals surface area (Å²) in [6, 6.07) is 14.3. The molecule has 0 aliphatic heterocycles. The maximum Gasteiger partial charge on any atom is 0.235 e. The Balaban J connectivity index is 1.96. The molecule has 0 heterocycles. The van der Waals surface area contributed by atoms with Crippen LogP contribution in [-0.2, 0) is 20.4 Å². The van der Waals surface area contributed by atoms with Gasteiger partial charge in [0.1, 0.15) is 11.6 Å². The van der Waals surface area contributed by atoms with Gasteiger partial charge in [0.25, 0.3) is 0 Å². The van der Waals surface area contributed by atoms with Crippen LogP contribution < -0.4 is 5.32 Å². The highest BCUT2D eigenvalue weighted by Gasteiger charge is 2.19. The zero-order valence-corrected chi connectivity index (χ0v) is 13.5. The Morgan fingerprint density at radius 3 is 2.48 bits per heavy atom. The first-order chi connectivity index (χ1) is 10.9. The maximum atomic E-state index is 13.1. The summed E-state index contributed by atoms with van der Waals surface area (Å²) in [6.45, 7) is 1.78. The molecule has 0 aromatic heterocycles. The molecule has 0 bridgehead atoms. The number of halogens is 1. The SMILES string of the molecule is CC(NC(=O)CS(=O)(=O)Cc1cccc(F)c1)c1ccccc1. The number of hydrogen-bond donors (Lipinski definition) is 1. The number of benzene rings is 2. The van der Waals surface area contributed by atoms with E-state index >= 15 is 0 Å². The van der Waals surface area contributed by atoms with Gasteiger partial charge in [-0.15, -0.1) is 0 Å². The van der Waals surface area contributed by atoms with Crippen molar-refractivity contribution in [2.45, 2.75) is 18.7 Å². The van der Waals surface area contributed by atoms with Crippen molar-refractivity contribution >= 4 is 15.7 Å². The quantitative estimate of drug-likeness (QED) is 0.883. The Morgan fingerprint density at radius 2 is 1.83 bits per heavy atom. The minimum absolute atomic E-state index is 0.284. The molecule has 2 aromatic carbocycles. The van der Waals surface area contributed by atoms with Crippen molar-refractivity contribution < 1.29 is 17.6 Å². The zero-order chi connectivity index (χ0) is 16.9. The lowest BCUT2D eigenvalue weighted by atomic mass is 10.1. The predicted octanol–water partition coefficient (Wildman–Crippen LogP) is 2.62. The van der Waals surface area contributed by atoms with Gasteiger partial charge >= 0.3 is 0 Å². The molecule has 1 amide bonds. The standard InChI is InChI=1S/C17H18FNO3S/c1-13(15-7-3-2-4-8-15)19-17(20)12-23(21,22)11-14-6-5-9-16(18)10-14/h2-10,13H,11-12H2,1H3,(H,19,20). The molecule has 0 aliphatic rings. The van der Waals surface area contributed by atoms with Gasteiger partial charge in [-0.2, -0.15) is 0 Å². The second-order valence-corrected chi connectivity index (χ2v) is 7.43. The van der Waals surface area contributed by atoms with Gasteiger partial charge in [0.15, 0.2) is 9.84 Å². The average Bonchev–Trinajstić information content (AvgIpc) is 2.46. The van der Waals surface area contributed by atoms with E-state index in [1.165, 1.54) is 18.2 Å². The zero-order valence-electron chi connectivity index (χ0n) is 12.7. The first-order valence-electron chi connectivity index (χ1n) is 7.15. The summed E-state index contributed by atoms with van der Waals surface area (Å²) >= 11 is 0. The normalized spacial score (nSPS) is 12.6. The summed E-state index contributed by atoms with van der Waals surface area (Å²) in [5.74, 6) is -2.06. The molecule has 122 valence electrons. The Bertz CT molecular complexity index is 775. The Morgan fingerprint density at radius 1 is 1.13 bits per heavy atom. The summed E-state index contributed by atoms with van der Waals surface area (Å²) in [5.41, 5.74) is 1.22. The first kappa shape index (κ1) is 17.1. The number of carbonyl (C=O) groups is 1. The molecule has 0 saturated carbocycles. The predicted molar refractivity (Wildman–Crippen MR) is 86.9 cm³/mol. The van der Waals surface area contributed by atoms with Gasteiger partial charge in [0, 0.05) is 0 Å². The molecule has 0 spiro atoms. The number of hydrogen-bond acceptors (Lipinski definition) is 3. The second kappa shape index (κ2) is 7.37. The van der Waals surface area contributed by atoms with E-state index in [9.17, 15) is 17.6 Å². The van der Waals surface area contributed by atoms with Crippen LogP contribution in [0.5, 0.6) is 0 Å². The van der Waals surface area contributed by atoms with Crippen LogP contribution in [-0.4, -0.2) is 20.1 Å². The van der Waals surface area contributed by atoms with Crippen LogP contribution in [0.2, 0.25) is 0 Å². The molecule has 0 saturated heterocycles. The number of nitrogens with one attached hydrogen (secondary N) is 1. The highest BCUT2D eigenvalue weighted by atomic mass is 32.2. The van der Waals surface area contributed by atoms with E-state index in [4.69, 9.17) is 0 Å². The van der Waals surface area contributed by atoms with E-state index in [0.717, 1.165) is 11.6 Å². The van der Waals surface area contributed by atoms with Crippen molar-refractivity contribution in [3.63, 3.8) is 0 Å². The average molecular weight is 335 g/mol. The fraction of sp³-hybridized carbons (Fsp3) is 0.235. The van der Waals surface area contributed by atoms with Crippen LogP contribution in [0.4, 0.5) is 4.39 Å². The third-order valence-corrected chi connectivity index (χ3v) is 4.78. The van der Waals surface area contributed by atoms with Crippen molar-refractivity contribution in [3.05, 3.63) is 71.5 Å². The molecule has 0 fully saturated rings. The Labute approximate surface area is 135 Å². The van der Waals surface area contributed by atoms with Gasteiger partial charge in [-0.1, -0.05) is 42.5 Å². The highest BCUT2D eigenvalue weighted by molar-refractivity contribution is 7.91. The number of rotatable bonds is 6. The van der Waals surface area contributed by atoms with Crippen molar-refractivity contribution in [1.29, 1.82) is 0 Å². The van der Waals surface area contributed by atoms with Crippen LogP contribution in [0.1, 0.15) is 24.1 Å². The fourth-order valence-electron chi connectivity index (χ4n) is 2.24. The summed E-state index contributed by atoms with van der Waals surface area (Å²) in [4.78, 5) is 11.9. The molecule has 6 heteroatoms. The molecule has 1 N–H and O–H groups in total. The Hall–Kier alpha value is -2.21. The van der Waals surface area contributed by atoms with Crippen molar-refractivity contribution in [1.82, 2.24) is 5.32 Å². The molecular weight excluding hydrogens is 317 g/mol. The van der Waals surface area contributed by atoms with Crippen molar-refractivity contribution in [3.8, 4) is 0 Å². The molecule has 4 nitrogen and oxygen atoms in total. The van der Waals surface area contributed by atoms with Crippen LogP contribution >= 0.6 is 0 Å². The van der Waals surface area contributed by atoms with Crippen LogP contribution in [0, 0.1) is 5.82 Å². The topological polar surface area (TPSA) is 63.2 Å². The van der Waals surface area contributed by atoms with Gasteiger partial charge in [0.2, 0.25) is 5.91 Å². The molecule has 1 atom stereocenters. The molecular formula is C17H18FNO3S. The largest absolute Gasteiger partial charge is 0.349 e. The van der Waals surface area contributed by atoms with Gasteiger partial charge < -0.3 is 5.32 Å². The number of carbonyl (C=O) groups excluding carboxylic acids is 1. The highest BCUT2D eigenvalue weighted by Crippen LogP contribution is 2.12.